The van der Waals surface area contributed by atoms with E-state index in [0.717, 1.165) is 29.4 Å². The maximum Gasteiger partial charge on any atom is 0.336 e. The Balaban J connectivity index is 1.97. The van der Waals surface area contributed by atoms with Gasteiger partial charge in [-0.05, 0) is 43.0 Å². The van der Waals surface area contributed by atoms with E-state index in [1.165, 1.54) is 6.07 Å². The van der Waals surface area contributed by atoms with Crippen LogP contribution in [0.2, 0.25) is 5.02 Å². The molecule has 1 amide bonds. The van der Waals surface area contributed by atoms with Gasteiger partial charge in [0.2, 0.25) is 5.91 Å². The fraction of sp³-hybridized carbons (Fsp3) is 0.333. The second-order valence-electron chi connectivity index (χ2n) is 5.18. The maximum absolute atomic E-state index is 11.7. The second kappa shape index (κ2) is 4.94. The molecule has 0 saturated heterocycles. The van der Waals surface area contributed by atoms with Crippen molar-refractivity contribution in [2.45, 2.75) is 26.3 Å². The molecule has 3 rings (SSSR count). The Kier molecular flexibility index (Phi) is 3.26. The third-order valence-electron chi connectivity index (χ3n) is 3.51. The topological polar surface area (TPSA) is 59.3 Å². The van der Waals surface area contributed by atoms with Crippen LogP contribution in [-0.2, 0) is 11.3 Å². The van der Waals surface area contributed by atoms with Crippen LogP contribution < -0.4 is 10.9 Å². The molecule has 2 aromatic rings. The van der Waals surface area contributed by atoms with Crippen LogP contribution in [0.1, 0.15) is 24.0 Å². The zero-order chi connectivity index (χ0) is 14.3. The summed E-state index contributed by atoms with van der Waals surface area (Å²) in [5.41, 5.74) is 1.65. The molecule has 1 aliphatic carbocycles. The highest BCUT2D eigenvalue weighted by Gasteiger charge is 2.29. The number of aryl methyl sites for hydroxylation is 1. The van der Waals surface area contributed by atoms with E-state index in [1.807, 2.05) is 6.92 Å². The number of amides is 1. The minimum atomic E-state index is -0.421. The van der Waals surface area contributed by atoms with Crippen molar-refractivity contribution < 1.29 is 9.21 Å². The number of hydrogen-bond donors (Lipinski definition) is 1. The van der Waals surface area contributed by atoms with E-state index in [9.17, 15) is 9.59 Å². The molecule has 0 bridgehead atoms. The largest absolute Gasteiger partial charge is 0.423 e. The first-order valence-electron chi connectivity index (χ1n) is 6.55. The highest BCUT2D eigenvalue weighted by Crippen LogP contribution is 2.29. The molecule has 1 fully saturated rings. The number of carbonyl (C=O) groups excluding carboxylic acids is 1. The average Bonchev–Trinajstić information content (AvgIpc) is 3.22. The Bertz CT molecular complexity index is 747. The molecule has 104 valence electrons. The predicted molar refractivity (Wildman–Crippen MR) is 76.8 cm³/mol. The predicted octanol–water partition coefficient (Wildman–Crippen LogP) is 2.78. The lowest BCUT2D eigenvalue weighted by atomic mass is 10.1. The van der Waals surface area contributed by atoms with Crippen molar-refractivity contribution in [2.24, 2.45) is 5.92 Å². The molecule has 0 spiro atoms. The first-order chi connectivity index (χ1) is 9.54. The highest BCUT2D eigenvalue weighted by atomic mass is 35.5. The quantitative estimate of drug-likeness (QED) is 0.885. The molecule has 1 aliphatic rings. The normalized spacial score (nSPS) is 14.5. The second-order valence-corrected chi connectivity index (χ2v) is 5.59. The molecule has 5 heteroatoms. The number of nitrogens with one attached hydrogen (secondary N) is 1. The number of benzene rings is 1. The van der Waals surface area contributed by atoms with E-state index in [1.54, 1.807) is 12.1 Å². The smallest absolute Gasteiger partial charge is 0.336 e. The standard InChI is InChI=1S/C15H14ClNO3/c1-8-4-13-11(6-12(8)16)10(5-14(18)20-13)7-17-15(19)9-2-3-9/h4-6,9H,2-3,7H2,1H3,(H,17,19). The van der Waals surface area contributed by atoms with Crippen molar-refractivity contribution in [2.75, 3.05) is 0 Å². The number of hydrogen-bond acceptors (Lipinski definition) is 3. The van der Waals surface area contributed by atoms with E-state index >= 15 is 0 Å². The van der Waals surface area contributed by atoms with Crippen LogP contribution in [0.15, 0.2) is 27.4 Å². The number of carbonyl (C=O) groups is 1. The molecule has 0 atom stereocenters. The number of fused-ring (bicyclic) bond motifs is 1. The summed E-state index contributed by atoms with van der Waals surface area (Å²) < 4.78 is 5.18. The molecule has 1 N–H and O–H groups in total. The Morgan fingerprint density at radius 2 is 2.15 bits per heavy atom. The van der Waals surface area contributed by atoms with Crippen molar-refractivity contribution in [1.29, 1.82) is 0 Å². The third-order valence-corrected chi connectivity index (χ3v) is 3.92. The fourth-order valence-corrected chi connectivity index (χ4v) is 2.33. The van der Waals surface area contributed by atoms with Gasteiger partial charge in [0.15, 0.2) is 0 Å². The number of rotatable bonds is 3. The summed E-state index contributed by atoms with van der Waals surface area (Å²) in [4.78, 5) is 23.3. The summed E-state index contributed by atoms with van der Waals surface area (Å²) in [5.74, 6) is 0.191. The first-order valence-corrected chi connectivity index (χ1v) is 6.93. The molecule has 4 nitrogen and oxygen atoms in total. The van der Waals surface area contributed by atoms with Crippen LogP contribution >= 0.6 is 11.6 Å². The molecular weight excluding hydrogens is 278 g/mol. The molecule has 1 heterocycles. The van der Waals surface area contributed by atoms with Crippen LogP contribution in [0.5, 0.6) is 0 Å². The summed E-state index contributed by atoms with van der Waals surface area (Å²) in [5, 5.41) is 4.22. The minimum absolute atomic E-state index is 0.0459. The van der Waals surface area contributed by atoms with Gasteiger partial charge in [0.05, 0.1) is 0 Å². The Morgan fingerprint density at radius 3 is 2.85 bits per heavy atom. The fourth-order valence-electron chi connectivity index (χ4n) is 2.17. The molecular formula is C15H14ClNO3. The Labute approximate surface area is 120 Å². The summed E-state index contributed by atoms with van der Waals surface area (Å²) in [7, 11) is 0. The van der Waals surface area contributed by atoms with E-state index < -0.39 is 5.63 Å². The van der Waals surface area contributed by atoms with Gasteiger partial charge in [0.1, 0.15) is 5.58 Å². The van der Waals surface area contributed by atoms with Gasteiger partial charge >= 0.3 is 5.63 Å². The van der Waals surface area contributed by atoms with E-state index in [0.29, 0.717) is 17.2 Å². The van der Waals surface area contributed by atoms with E-state index in [-0.39, 0.29) is 11.8 Å². The van der Waals surface area contributed by atoms with Gasteiger partial charge < -0.3 is 9.73 Å². The van der Waals surface area contributed by atoms with Crippen LogP contribution in [0.4, 0.5) is 0 Å². The van der Waals surface area contributed by atoms with Gasteiger partial charge in [-0.2, -0.15) is 0 Å². The van der Waals surface area contributed by atoms with Crippen molar-refractivity contribution in [1.82, 2.24) is 5.32 Å². The SMILES string of the molecule is Cc1cc2oc(=O)cc(CNC(=O)C3CC3)c2cc1Cl. The average molecular weight is 292 g/mol. The first kappa shape index (κ1) is 13.2. The van der Waals surface area contributed by atoms with Crippen LogP contribution in [-0.4, -0.2) is 5.91 Å². The summed E-state index contributed by atoms with van der Waals surface area (Å²) >= 11 is 6.12. The van der Waals surface area contributed by atoms with Crippen LogP contribution in [0, 0.1) is 12.8 Å². The Hall–Kier alpha value is -1.81. The lowest BCUT2D eigenvalue weighted by Crippen LogP contribution is -2.24. The van der Waals surface area contributed by atoms with Gasteiger partial charge in [0.25, 0.3) is 0 Å². The minimum Gasteiger partial charge on any atom is -0.423 e. The van der Waals surface area contributed by atoms with Gasteiger partial charge in [0, 0.05) is 28.9 Å². The monoisotopic (exact) mass is 291 g/mol. The molecule has 0 aliphatic heterocycles. The highest BCUT2D eigenvalue weighted by molar-refractivity contribution is 6.32. The summed E-state index contributed by atoms with van der Waals surface area (Å²) in [6.45, 7) is 2.17. The van der Waals surface area contributed by atoms with Crippen molar-refractivity contribution in [3.8, 4) is 0 Å². The van der Waals surface area contributed by atoms with Crippen LogP contribution in [0.25, 0.3) is 11.0 Å². The Morgan fingerprint density at radius 1 is 1.40 bits per heavy atom. The summed E-state index contributed by atoms with van der Waals surface area (Å²) in [6, 6.07) is 4.92. The molecule has 0 unspecified atom stereocenters. The zero-order valence-corrected chi connectivity index (χ0v) is 11.8. The van der Waals surface area contributed by atoms with Gasteiger partial charge in [-0.15, -0.1) is 0 Å². The van der Waals surface area contributed by atoms with Gasteiger partial charge in [-0.3, -0.25) is 4.79 Å². The van der Waals surface area contributed by atoms with Crippen molar-refractivity contribution in [3.05, 3.63) is 44.8 Å². The van der Waals surface area contributed by atoms with Gasteiger partial charge in [-0.1, -0.05) is 11.6 Å². The van der Waals surface area contributed by atoms with Gasteiger partial charge in [-0.25, -0.2) is 4.79 Å². The van der Waals surface area contributed by atoms with Crippen LogP contribution in [0.3, 0.4) is 0 Å². The van der Waals surface area contributed by atoms with E-state index in [2.05, 4.69) is 5.32 Å². The lowest BCUT2D eigenvalue weighted by Gasteiger charge is -2.08. The third kappa shape index (κ3) is 2.56. The molecule has 0 radical (unpaired) electrons. The van der Waals surface area contributed by atoms with E-state index in [4.69, 9.17) is 16.0 Å². The molecule has 20 heavy (non-hydrogen) atoms. The number of halogens is 1. The molecule has 1 aromatic carbocycles. The van der Waals surface area contributed by atoms with Crippen molar-refractivity contribution >= 4 is 28.5 Å². The zero-order valence-electron chi connectivity index (χ0n) is 11.0. The molecule has 1 saturated carbocycles. The summed E-state index contributed by atoms with van der Waals surface area (Å²) in [6.07, 6.45) is 1.91. The molecule has 1 aromatic heterocycles. The lowest BCUT2D eigenvalue weighted by molar-refractivity contribution is -0.122. The maximum atomic E-state index is 11.7. The van der Waals surface area contributed by atoms with Crippen molar-refractivity contribution in [3.63, 3.8) is 0 Å².